The third kappa shape index (κ3) is 3.52. The van der Waals surface area contributed by atoms with E-state index >= 15 is 0 Å². The van der Waals surface area contributed by atoms with Gasteiger partial charge in [-0.05, 0) is 49.4 Å². The zero-order valence-corrected chi connectivity index (χ0v) is 16.7. The molecule has 0 saturated heterocycles. The summed E-state index contributed by atoms with van der Waals surface area (Å²) in [7, 11) is 1.54. The van der Waals surface area contributed by atoms with E-state index in [0.29, 0.717) is 22.8 Å². The van der Waals surface area contributed by atoms with Crippen molar-refractivity contribution >= 4 is 23.4 Å². The van der Waals surface area contributed by atoms with Gasteiger partial charge < -0.3 is 9.84 Å². The van der Waals surface area contributed by atoms with Gasteiger partial charge in [0, 0.05) is 0 Å². The van der Waals surface area contributed by atoms with Crippen LogP contribution < -0.4 is 21.0 Å². The zero-order chi connectivity index (χ0) is 22.1. The zero-order valence-electron chi connectivity index (χ0n) is 16.7. The first-order valence-corrected chi connectivity index (χ1v) is 9.30. The standard InChI is InChI=1S/C22H18N4O5/c1-13-17(21(29)26(24-13)15-8-10-16(31-2)11-9-15)12-18-19(27)23-22(30)25(20(18)28)14-6-4-3-5-7-14/h3-12,28H,1-2H3,(H,23,27,30)/b17-12-. The Balaban J connectivity index is 1.78. The fourth-order valence-corrected chi connectivity index (χ4v) is 3.21. The molecule has 1 amide bonds. The van der Waals surface area contributed by atoms with Gasteiger partial charge in [0.1, 0.15) is 11.3 Å². The fraction of sp³-hybridized carbons (Fsp3) is 0.0909. The number of aromatic nitrogens is 2. The summed E-state index contributed by atoms with van der Waals surface area (Å²) in [6.07, 6.45) is 1.23. The van der Waals surface area contributed by atoms with E-state index in [2.05, 4.69) is 10.1 Å². The molecule has 31 heavy (non-hydrogen) atoms. The molecule has 0 radical (unpaired) electrons. The molecule has 156 valence electrons. The molecular weight excluding hydrogens is 400 g/mol. The van der Waals surface area contributed by atoms with Gasteiger partial charge in [0.15, 0.2) is 0 Å². The Kier molecular flexibility index (Phi) is 5.00. The van der Waals surface area contributed by atoms with E-state index in [1.54, 1.807) is 61.5 Å². The number of hydrogen-bond acceptors (Lipinski definition) is 6. The highest BCUT2D eigenvalue weighted by atomic mass is 16.5. The highest BCUT2D eigenvalue weighted by Gasteiger charge is 2.30. The van der Waals surface area contributed by atoms with Gasteiger partial charge in [0.05, 0.1) is 29.8 Å². The lowest BCUT2D eigenvalue weighted by Crippen LogP contribution is -2.30. The maximum absolute atomic E-state index is 13.0. The average molecular weight is 418 g/mol. The number of hydrazone groups is 1. The molecule has 0 spiro atoms. The van der Waals surface area contributed by atoms with Gasteiger partial charge in [-0.3, -0.25) is 14.6 Å². The number of amides is 1. The lowest BCUT2D eigenvalue weighted by atomic mass is 10.1. The molecule has 2 aromatic carbocycles. The molecule has 1 aliphatic rings. The number of para-hydroxylation sites is 1. The number of nitrogens with one attached hydrogen (secondary N) is 1. The summed E-state index contributed by atoms with van der Waals surface area (Å²) in [5, 5.41) is 16.1. The van der Waals surface area contributed by atoms with Crippen molar-refractivity contribution < 1.29 is 14.6 Å². The van der Waals surface area contributed by atoms with Crippen LogP contribution in [0.5, 0.6) is 11.6 Å². The van der Waals surface area contributed by atoms with Crippen molar-refractivity contribution in [3.05, 3.63) is 86.6 Å². The number of aromatic amines is 1. The Labute approximate surface area is 176 Å². The Morgan fingerprint density at radius 2 is 1.68 bits per heavy atom. The smallest absolute Gasteiger partial charge is 0.335 e. The maximum atomic E-state index is 13.0. The van der Waals surface area contributed by atoms with E-state index in [1.165, 1.54) is 18.2 Å². The highest BCUT2D eigenvalue weighted by molar-refractivity contribution is 6.32. The van der Waals surface area contributed by atoms with Gasteiger partial charge in [0.2, 0.25) is 5.88 Å². The summed E-state index contributed by atoms with van der Waals surface area (Å²) >= 11 is 0. The van der Waals surface area contributed by atoms with Crippen molar-refractivity contribution in [2.75, 3.05) is 12.1 Å². The quantitative estimate of drug-likeness (QED) is 0.629. The Bertz CT molecular complexity index is 1340. The summed E-state index contributed by atoms with van der Waals surface area (Å²) in [6.45, 7) is 1.62. The van der Waals surface area contributed by atoms with Crippen LogP contribution in [0.3, 0.4) is 0 Å². The summed E-state index contributed by atoms with van der Waals surface area (Å²) in [5.74, 6) is -0.415. The van der Waals surface area contributed by atoms with Crippen molar-refractivity contribution in [2.24, 2.45) is 5.10 Å². The minimum atomic E-state index is -0.814. The molecule has 2 heterocycles. The van der Waals surface area contributed by atoms with Gasteiger partial charge >= 0.3 is 5.69 Å². The second-order valence-electron chi connectivity index (χ2n) is 6.73. The Hall–Kier alpha value is -4.40. The summed E-state index contributed by atoms with van der Waals surface area (Å²) < 4.78 is 6.08. The van der Waals surface area contributed by atoms with Crippen LogP contribution in [0.15, 0.2) is 74.9 Å². The van der Waals surface area contributed by atoms with Crippen molar-refractivity contribution in [3.63, 3.8) is 0 Å². The largest absolute Gasteiger partial charge is 0.497 e. The molecule has 0 bridgehead atoms. The minimum Gasteiger partial charge on any atom is -0.497 e. The second-order valence-corrected chi connectivity index (χ2v) is 6.73. The predicted octanol–water partition coefficient (Wildman–Crippen LogP) is 2.05. The molecule has 0 saturated carbocycles. The van der Waals surface area contributed by atoms with Crippen LogP contribution in [-0.4, -0.2) is 33.4 Å². The van der Waals surface area contributed by atoms with Crippen LogP contribution in [0.1, 0.15) is 12.5 Å². The van der Waals surface area contributed by atoms with Crippen molar-refractivity contribution in [1.82, 2.24) is 9.55 Å². The van der Waals surface area contributed by atoms with Crippen LogP contribution in [0.4, 0.5) is 5.69 Å². The lowest BCUT2D eigenvalue weighted by Gasteiger charge is -2.12. The molecule has 1 aliphatic heterocycles. The molecule has 2 N–H and O–H groups in total. The Morgan fingerprint density at radius 1 is 1.00 bits per heavy atom. The molecule has 3 aromatic rings. The second kappa shape index (κ2) is 7.79. The molecule has 9 heteroatoms. The number of methoxy groups -OCH3 is 1. The van der Waals surface area contributed by atoms with Crippen LogP contribution >= 0.6 is 0 Å². The molecule has 1 aromatic heterocycles. The number of aromatic hydroxyl groups is 1. The van der Waals surface area contributed by atoms with Crippen LogP contribution in [0, 0.1) is 0 Å². The fourth-order valence-electron chi connectivity index (χ4n) is 3.21. The maximum Gasteiger partial charge on any atom is 0.335 e. The first kappa shape index (κ1) is 19.9. The number of H-pyrrole nitrogens is 1. The van der Waals surface area contributed by atoms with E-state index in [0.717, 1.165) is 4.57 Å². The van der Waals surface area contributed by atoms with E-state index in [1.807, 2.05) is 0 Å². The van der Waals surface area contributed by atoms with Crippen LogP contribution in [0.25, 0.3) is 11.8 Å². The van der Waals surface area contributed by atoms with E-state index < -0.39 is 23.0 Å². The van der Waals surface area contributed by atoms with Crippen molar-refractivity contribution in [3.8, 4) is 17.3 Å². The van der Waals surface area contributed by atoms with Gasteiger partial charge in [0.25, 0.3) is 11.5 Å². The normalized spacial score (nSPS) is 14.8. The predicted molar refractivity (Wildman–Crippen MR) is 116 cm³/mol. The summed E-state index contributed by atoms with van der Waals surface area (Å²) in [4.78, 5) is 39.8. The lowest BCUT2D eigenvalue weighted by molar-refractivity contribution is -0.114. The third-order valence-corrected chi connectivity index (χ3v) is 4.80. The van der Waals surface area contributed by atoms with Crippen molar-refractivity contribution in [1.29, 1.82) is 0 Å². The van der Waals surface area contributed by atoms with E-state index in [4.69, 9.17) is 4.74 Å². The third-order valence-electron chi connectivity index (χ3n) is 4.80. The molecular formula is C22H18N4O5. The number of benzene rings is 2. The molecule has 0 unspecified atom stereocenters. The average Bonchev–Trinajstić information content (AvgIpc) is 3.05. The number of carbonyl (C=O) groups is 1. The van der Waals surface area contributed by atoms with Crippen LogP contribution in [-0.2, 0) is 4.79 Å². The van der Waals surface area contributed by atoms with Gasteiger partial charge in [-0.2, -0.15) is 10.1 Å². The molecule has 0 fully saturated rings. The van der Waals surface area contributed by atoms with Gasteiger partial charge in [-0.15, -0.1) is 0 Å². The molecule has 0 aliphatic carbocycles. The van der Waals surface area contributed by atoms with E-state index in [-0.39, 0.29) is 11.1 Å². The molecule has 0 atom stereocenters. The summed E-state index contributed by atoms with van der Waals surface area (Å²) in [6, 6.07) is 15.1. The SMILES string of the molecule is COc1ccc(N2N=C(C)/C(=C/c3c(O)n(-c4ccccc4)c(=O)[nH]c3=O)C2=O)cc1. The number of rotatable bonds is 4. The first-order chi connectivity index (χ1) is 14.9. The van der Waals surface area contributed by atoms with Crippen LogP contribution in [0.2, 0.25) is 0 Å². The number of carbonyl (C=O) groups excluding carboxylic acids is 1. The number of hydrogen-bond donors (Lipinski definition) is 2. The van der Waals surface area contributed by atoms with Gasteiger partial charge in [-0.25, -0.2) is 9.36 Å². The number of ether oxygens (including phenoxy) is 1. The van der Waals surface area contributed by atoms with E-state index in [9.17, 15) is 19.5 Å². The summed E-state index contributed by atoms with van der Waals surface area (Å²) in [5.41, 5.74) is -0.473. The first-order valence-electron chi connectivity index (χ1n) is 9.30. The Morgan fingerprint density at radius 3 is 2.32 bits per heavy atom. The monoisotopic (exact) mass is 418 g/mol. The highest BCUT2D eigenvalue weighted by Crippen LogP contribution is 2.27. The number of anilines is 1. The minimum absolute atomic E-state index is 0.120. The molecule has 9 nitrogen and oxygen atoms in total. The topological polar surface area (TPSA) is 117 Å². The van der Waals surface area contributed by atoms with Crippen molar-refractivity contribution in [2.45, 2.75) is 6.92 Å². The number of nitrogens with zero attached hydrogens (tertiary/aromatic N) is 3. The van der Waals surface area contributed by atoms with Gasteiger partial charge in [-0.1, -0.05) is 18.2 Å². The molecule has 4 rings (SSSR count).